The van der Waals surface area contributed by atoms with Crippen LogP contribution in [0.4, 0.5) is 0 Å². The molecule has 0 radical (unpaired) electrons. The summed E-state index contributed by atoms with van der Waals surface area (Å²) in [6.45, 7) is 5.79. The van der Waals surface area contributed by atoms with Gasteiger partial charge in [0.15, 0.2) is 0 Å². The quantitative estimate of drug-likeness (QED) is 0.470. The van der Waals surface area contributed by atoms with Crippen LogP contribution in [-0.4, -0.2) is 5.91 Å². The van der Waals surface area contributed by atoms with Gasteiger partial charge in [-0.2, -0.15) is 0 Å². The molecular formula is C14H23NO. The Hall–Kier alpha value is -1.31. The third kappa shape index (κ3) is 9.25. The molecule has 0 unspecified atom stereocenters. The molecule has 2 nitrogen and oxygen atoms in total. The van der Waals surface area contributed by atoms with E-state index in [1.165, 1.54) is 5.57 Å². The zero-order valence-electron chi connectivity index (χ0n) is 10.2. The van der Waals surface area contributed by atoms with Crippen LogP contribution >= 0.6 is 0 Å². The van der Waals surface area contributed by atoms with Crippen molar-refractivity contribution in [2.45, 2.75) is 45.4 Å². The normalized spacial score (nSPS) is 11.9. The predicted molar refractivity (Wildman–Crippen MR) is 70.0 cm³/mol. The largest absolute Gasteiger partial charge is 0.370 e. The van der Waals surface area contributed by atoms with E-state index in [-0.39, 0.29) is 5.91 Å². The molecule has 0 atom stereocenters. The first-order valence-electron chi connectivity index (χ1n) is 5.93. The van der Waals surface area contributed by atoms with Crippen LogP contribution in [0.5, 0.6) is 0 Å². The number of nitrogens with two attached hydrogens (primary N) is 1. The van der Waals surface area contributed by atoms with Crippen LogP contribution in [0.15, 0.2) is 36.5 Å². The van der Waals surface area contributed by atoms with Crippen LogP contribution in [0.3, 0.4) is 0 Å². The van der Waals surface area contributed by atoms with Crippen LogP contribution in [0, 0.1) is 0 Å². The van der Waals surface area contributed by atoms with Crippen LogP contribution in [0.2, 0.25) is 0 Å². The number of unbranched alkanes of at least 4 members (excludes halogenated alkanes) is 3. The Labute approximate surface area is 98.9 Å². The maximum absolute atomic E-state index is 10.5. The lowest BCUT2D eigenvalue weighted by atomic mass is 10.1. The maximum Gasteiger partial charge on any atom is 0.217 e. The second kappa shape index (κ2) is 10.2. The van der Waals surface area contributed by atoms with Gasteiger partial charge in [0.1, 0.15) is 0 Å². The van der Waals surface area contributed by atoms with Crippen molar-refractivity contribution in [1.82, 2.24) is 0 Å². The second-order valence-electron chi connectivity index (χ2n) is 3.85. The molecule has 0 aliphatic rings. The van der Waals surface area contributed by atoms with Crippen molar-refractivity contribution in [3.05, 3.63) is 36.5 Å². The van der Waals surface area contributed by atoms with Crippen LogP contribution in [-0.2, 0) is 4.79 Å². The van der Waals surface area contributed by atoms with Gasteiger partial charge in [-0.25, -0.2) is 0 Å². The first-order chi connectivity index (χ1) is 7.70. The van der Waals surface area contributed by atoms with Crippen molar-refractivity contribution >= 4 is 5.91 Å². The summed E-state index contributed by atoms with van der Waals surface area (Å²) in [5.74, 6) is -0.195. The minimum absolute atomic E-state index is 0.195. The van der Waals surface area contributed by atoms with E-state index in [9.17, 15) is 4.79 Å². The molecule has 0 spiro atoms. The van der Waals surface area contributed by atoms with E-state index < -0.39 is 0 Å². The molecule has 0 aromatic carbocycles. The summed E-state index contributed by atoms with van der Waals surface area (Å²) >= 11 is 0. The summed E-state index contributed by atoms with van der Waals surface area (Å²) in [6, 6.07) is 0. The number of amides is 1. The third-order valence-electron chi connectivity index (χ3n) is 2.40. The highest BCUT2D eigenvalue weighted by Gasteiger charge is 1.95. The summed E-state index contributed by atoms with van der Waals surface area (Å²) in [6.07, 6.45) is 13.9. The fourth-order valence-electron chi connectivity index (χ4n) is 1.46. The van der Waals surface area contributed by atoms with Crippen LogP contribution in [0.25, 0.3) is 0 Å². The molecule has 0 bridgehead atoms. The monoisotopic (exact) mass is 221 g/mol. The standard InChI is InChI=1S/C14H23NO/c1-3-5-10-13(4-2)11-8-6-7-9-12-14(15)16/h3-5,10H,2,6-9,11-12H2,1H3,(H2,15,16)/b5-3-,13-10+. The van der Waals surface area contributed by atoms with Gasteiger partial charge >= 0.3 is 0 Å². The highest BCUT2D eigenvalue weighted by atomic mass is 16.1. The van der Waals surface area contributed by atoms with Gasteiger partial charge in [0.2, 0.25) is 5.91 Å². The molecule has 2 N–H and O–H groups in total. The Bertz CT molecular complexity index is 264. The molecule has 0 fully saturated rings. The summed E-state index contributed by atoms with van der Waals surface area (Å²) in [5, 5.41) is 0. The van der Waals surface area contributed by atoms with Gasteiger partial charge in [0.25, 0.3) is 0 Å². The van der Waals surface area contributed by atoms with E-state index in [0.29, 0.717) is 6.42 Å². The SMILES string of the molecule is C=C/C(=C\C=C/C)CCCCCCC(N)=O. The lowest BCUT2D eigenvalue weighted by molar-refractivity contribution is -0.118. The van der Waals surface area contributed by atoms with E-state index in [4.69, 9.17) is 5.73 Å². The zero-order valence-corrected chi connectivity index (χ0v) is 10.2. The van der Waals surface area contributed by atoms with Gasteiger partial charge in [-0.3, -0.25) is 4.79 Å². The number of allylic oxidation sites excluding steroid dienone is 5. The smallest absolute Gasteiger partial charge is 0.217 e. The van der Waals surface area contributed by atoms with Gasteiger partial charge in [-0.1, -0.05) is 43.7 Å². The van der Waals surface area contributed by atoms with Gasteiger partial charge in [-0.15, -0.1) is 0 Å². The Balaban J connectivity index is 3.56. The third-order valence-corrected chi connectivity index (χ3v) is 2.40. The summed E-state index contributed by atoms with van der Waals surface area (Å²) in [7, 11) is 0. The number of rotatable bonds is 9. The number of carbonyl (C=O) groups is 1. The number of carbonyl (C=O) groups excluding carboxylic acids is 1. The average molecular weight is 221 g/mol. The maximum atomic E-state index is 10.5. The van der Waals surface area contributed by atoms with Gasteiger partial charge in [0, 0.05) is 6.42 Å². The lowest BCUT2D eigenvalue weighted by Crippen LogP contribution is -2.09. The van der Waals surface area contributed by atoms with Crippen molar-refractivity contribution in [3.8, 4) is 0 Å². The number of hydrogen-bond acceptors (Lipinski definition) is 1. The van der Waals surface area contributed by atoms with Crippen LogP contribution < -0.4 is 5.73 Å². The molecule has 0 heterocycles. The molecule has 0 saturated carbocycles. The molecule has 16 heavy (non-hydrogen) atoms. The number of primary amides is 1. The van der Waals surface area contributed by atoms with Crippen molar-refractivity contribution in [1.29, 1.82) is 0 Å². The minimum Gasteiger partial charge on any atom is -0.370 e. The average Bonchev–Trinajstić information content (AvgIpc) is 2.26. The molecule has 0 aromatic rings. The van der Waals surface area contributed by atoms with E-state index in [2.05, 4.69) is 12.7 Å². The van der Waals surface area contributed by atoms with E-state index in [0.717, 1.165) is 32.1 Å². The van der Waals surface area contributed by atoms with Crippen molar-refractivity contribution in [2.24, 2.45) is 5.73 Å². The molecular weight excluding hydrogens is 198 g/mol. The first kappa shape index (κ1) is 14.7. The first-order valence-corrected chi connectivity index (χ1v) is 5.93. The van der Waals surface area contributed by atoms with Gasteiger partial charge in [0.05, 0.1) is 0 Å². The second-order valence-corrected chi connectivity index (χ2v) is 3.85. The van der Waals surface area contributed by atoms with E-state index >= 15 is 0 Å². The molecule has 0 aliphatic carbocycles. The topological polar surface area (TPSA) is 43.1 Å². The Morgan fingerprint density at radius 3 is 2.31 bits per heavy atom. The minimum atomic E-state index is -0.195. The molecule has 0 aromatic heterocycles. The molecule has 2 heteroatoms. The van der Waals surface area contributed by atoms with Gasteiger partial charge in [-0.05, 0) is 31.8 Å². The Kier molecular flexibility index (Phi) is 9.38. The molecule has 0 rings (SSSR count). The Morgan fingerprint density at radius 1 is 1.19 bits per heavy atom. The van der Waals surface area contributed by atoms with Crippen molar-refractivity contribution in [2.75, 3.05) is 0 Å². The molecule has 90 valence electrons. The fraction of sp³-hybridized carbons (Fsp3) is 0.500. The van der Waals surface area contributed by atoms with Gasteiger partial charge < -0.3 is 5.73 Å². The van der Waals surface area contributed by atoms with Crippen molar-refractivity contribution < 1.29 is 4.79 Å². The highest BCUT2D eigenvalue weighted by Crippen LogP contribution is 2.11. The predicted octanol–water partition coefficient (Wildman–Crippen LogP) is 3.50. The highest BCUT2D eigenvalue weighted by molar-refractivity contribution is 5.73. The fourth-order valence-corrected chi connectivity index (χ4v) is 1.46. The van der Waals surface area contributed by atoms with Crippen molar-refractivity contribution in [3.63, 3.8) is 0 Å². The van der Waals surface area contributed by atoms with Crippen LogP contribution in [0.1, 0.15) is 45.4 Å². The zero-order chi connectivity index (χ0) is 12.2. The van der Waals surface area contributed by atoms with E-state index in [1.807, 2.05) is 25.2 Å². The Morgan fingerprint density at radius 2 is 1.81 bits per heavy atom. The number of hydrogen-bond donors (Lipinski definition) is 1. The summed E-state index contributed by atoms with van der Waals surface area (Å²) < 4.78 is 0. The molecule has 0 saturated heterocycles. The van der Waals surface area contributed by atoms with E-state index in [1.54, 1.807) is 0 Å². The summed E-state index contributed by atoms with van der Waals surface area (Å²) in [5.41, 5.74) is 6.33. The lowest BCUT2D eigenvalue weighted by Gasteiger charge is -2.01. The molecule has 1 amide bonds. The molecule has 0 aliphatic heterocycles. The summed E-state index contributed by atoms with van der Waals surface area (Å²) in [4.78, 5) is 10.5.